The largest absolute Gasteiger partial charge is 0.481 e. The Hall–Kier alpha value is -1.14. The van der Waals surface area contributed by atoms with Gasteiger partial charge >= 0.3 is 11.9 Å². The number of esters is 1. The summed E-state index contributed by atoms with van der Waals surface area (Å²) in [7, 11) is 0. The molecule has 6 heteroatoms. The topological polar surface area (TPSA) is 76.1 Å². The molecule has 5 aliphatic carbocycles. The third-order valence-corrected chi connectivity index (χ3v) is 16.0. The lowest BCUT2D eigenvalue weighted by atomic mass is 9.32. The van der Waals surface area contributed by atoms with Gasteiger partial charge in [0.05, 0.1) is 26.1 Å². The molecule has 0 aromatic heterocycles. The van der Waals surface area contributed by atoms with Gasteiger partial charge in [-0.3, -0.25) is 14.5 Å². The molecule has 0 spiro atoms. The number of hydrogen-bond donors (Lipinski definition) is 1. The van der Waals surface area contributed by atoms with Crippen molar-refractivity contribution in [2.45, 2.75) is 144 Å². The second-order valence-corrected chi connectivity index (χ2v) is 19.0. The normalized spacial score (nSPS) is 44.6. The number of aliphatic carboxylic acids is 1. The molecule has 5 saturated carbocycles. The van der Waals surface area contributed by atoms with E-state index in [9.17, 15) is 14.7 Å². The fourth-order valence-electron chi connectivity index (χ4n) is 13.6. The van der Waals surface area contributed by atoms with Crippen LogP contribution in [0.1, 0.15) is 138 Å². The minimum Gasteiger partial charge on any atom is -0.481 e. The SMILES string of the molecule is CC(C)(CC(=O)O)CC(=O)O[C@H]1CC[C@@]2(C)C(CC[C@]3(C)C2CC[C@@H]2[C@H]4CCC[C@]4(CCN4CCOCC4)CC[C@]23C)C1(C)C. The van der Waals surface area contributed by atoms with Crippen molar-refractivity contribution in [2.24, 2.45) is 56.2 Å². The predicted octanol–water partition coefficient (Wildman–Crippen LogP) is 8.37. The number of carboxylic acid groups (broad SMARTS) is 1. The lowest BCUT2D eigenvalue weighted by molar-refractivity contribution is -0.249. The first-order chi connectivity index (χ1) is 21.1. The molecule has 0 bridgehead atoms. The van der Waals surface area contributed by atoms with Gasteiger partial charge in [0, 0.05) is 18.5 Å². The molecule has 9 atom stereocenters. The van der Waals surface area contributed by atoms with E-state index in [0.717, 1.165) is 56.9 Å². The Morgan fingerprint density at radius 2 is 1.56 bits per heavy atom. The third kappa shape index (κ3) is 5.62. The Labute approximate surface area is 274 Å². The first-order valence-electron chi connectivity index (χ1n) is 18.8. The highest BCUT2D eigenvalue weighted by Crippen LogP contribution is 2.77. The zero-order valence-electron chi connectivity index (χ0n) is 29.8. The maximum Gasteiger partial charge on any atom is 0.306 e. The molecule has 1 aliphatic heterocycles. The summed E-state index contributed by atoms with van der Waals surface area (Å²) < 4.78 is 11.9. The van der Waals surface area contributed by atoms with Crippen molar-refractivity contribution in [3.05, 3.63) is 0 Å². The molecule has 45 heavy (non-hydrogen) atoms. The molecular weight excluding hydrogens is 562 g/mol. The molecule has 1 saturated heterocycles. The first-order valence-corrected chi connectivity index (χ1v) is 18.8. The van der Waals surface area contributed by atoms with Crippen molar-refractivity contribution < 1.29 is 24.2 Å². The summed E-state index contributed by atoms with van der Waals surface area (Å²) >= 11 is 0. The third-order valence-electron chi connectivity index (χ3n) is 16.0. The minimum atomic E-state index is -0.861. The second-order valence-electron chi connectivity index (χ2n) is 19.0. The fourth-order valence-corrected chi connectivity index (χ4v) is 13.6. The summed E-state index contributed by atoms with van der Waals surface area (Å²) in [5.41, 5.74) is 0.902. The lowest BCUT2D eigenvalue weighted by Crippen LogP contribution is -2.66. The maximum absolute atomic E-state index is 13.1. The van der Waals surface area contributed by atoms with Crippen LogP contribution in [0.25, 0.3) is 0 Å². The van der Waals surface area contributed by atoms with Crippen LogP contribution in [0.3, 0.4) is 0 Å². The van der Waals surface area contributed by atoms with Crippen molar-refractivity contribution >= 4 is 11.9 Å². The molecule has 6 fully saturated rings. The number of nitrogens with zero attached hydrogens (tertiary/aromatic N) is 1. The van der Waals surface area contributed by atoms with Crippen molar-refractivity contribution in [1.82, 2.24) is 4.90 Å². The average molecular weight is 628 g/mol. The summed E-state index contributed by atoms with van der Waals surface area (Å²) in [5.74, 6) is 1.92. The molecule has 6 nitrogen and oxygen atoms in total. The van der Waals surface area contributed by atoms with E-state index in [1.807, 2.05) is 13.8 Å². The van der Waals surface area contributed by atoms with E-state index in [0.29, 0.717) is 22.2 Å². The molecule has 0 aromatic rings. The van der Waals surface area contributed by atoms with Crippen LogP contribution in [0.4, 0.5) is 0 Å². The van der Waals surface area contributed by atoms with Crippen molar-refractivity contribution in [3.63, 3.8) is 0 Å². The van der Waals surface area contributed by atoms with Gasteiger partial charge in [-0.25, -0.2) is 0 Å². The van der Waals surface area contributed by atoms with E-state index in [4.69, 9.17) is 9.47 Å². The smallest absolute Gasteiger partial charge is 0.306 e. The summed E-state index contributed by atoms with van der Waals surface area (Å²) in [6, 6.07) is 0. The average Bonchev–Trinajstić information content (AvgIpc) is 3.38. The summed E-state index contributed by atoms with van der Waals surface area (Å²) in [6.45, 7) is 21.8. The van der Waals surface area contributed by atoms with Crippen molar-refractivity contribution in [3.8, 4) is 0 Å². The highest BCUT2D eigenvalue weighted by atomic mass is 16.5. The molecule has 1 N–H and O–H groups in total. The zero-order valence-corrected chi connectivity index (χ0v) is 29.8. The van der Waals surface area contributed by atoms with E-state index in [1.54, 1.807) is 0 Å². The van der Waals surface area contributed by atoms with E-state index in [2.05, 4.69) is 39.5 Å². The van der Waals surface area contributed by atoms with Crippen molar-refractivity contribution in [1.29, 1.82) is 0 Å². The van der Waals surface area contributed by atoms with Crippen LogP contribution in [-0.2, 0) is 19.1 Å². The van der Waals surface area contributed by atoms with Gasteiger partial charge in [-0.2, -0.15) is 0 Å². The zero-order chi connectivity index (χ0) is 32.5. The van der Waals surface area contributed by atoms with Crippen LogP contribution in [0.5, 0.6) is 0 Å². The number of carbonyl (C=O) groups is 2. The van der Waals surface area contributed by atoms with Gasteiger partial charge < -0.3 is 14.6 Å². The Morgan fingerprint density at radius 1 is 0.822 bits per heavy atom. The molecule has 6 rings (SSSR count). The van der Waals surface area contributed by atoms with E-state index in [1.165, 1.54) is 70.8 Å². The molecule has 0 aromatic carbocycles. The van der Waals surface area contributed by atoms with Crippen LogP contribution in [0.2, 0.25) is 0 Å². The number of rotatable bonds is 8. The molecule has 256 valence electrons. The Kier molecular flexibility index (Phi) is 8.83. The van der Waals surface area contributed by atoms with Gasteiger partial charge in [0.15, 0.2) is 0 Å². The standard InChI is InChI=1S/C39H65NO5/c1-34(2,25-32(41)42)26-33(43)45-31-13-15-36(5)29(35(31,3)4)12-16-38(7)30(36)11-10-27-28-9-8-14-39(28,18-17-37(27,38)6)19-20-40-21-23-44-24-22-40/h27-31H,8-26H2,1-7H3,(H,41,42)/t27-,28-,29?,30?,31+,36+,37-,38-,39-/m1/s1. The van der Waals surface area contributed by atoms with Crippen LogP contribution in [-0.4, -0.2) is 60.9 Å². The number of fused-ring (bicyclic) bond motifs is 7. The van der Waals surface area contributed by atoms with Crippen LogP contribution < -0.4 is 0 Å². The van der Waals surface area contributed by atoms with E-state index in [-0.39, 0.29) is 35.7 Å². The monoisotopic (exact) mass is 627 g/mol. The van der Waals surface area contributed by atoms with Gasteiger partial charge in [-0.05, 0) is 128 Å². The molecule has 0 radical (unpaired) electrons. The Bertz CT molecular complexity index is 1130. The summed E-state index contributed by atoms with van der Waals surface area (Å²) in [4.78, 5) is 27.2. The van der Waals surface area contributed by atoms with Crippen LogP contribution in [0.15, 0.2) is 0 Å². The van der Waals surface area contributed by atoms with Gasteiger partial charge in [-0.1, -0.05) is 54.9 Å². The number of carboxylic acids is 1. The quantitative estimate of drug-likeness (QED) is 0.273. The van der Waals surface area contributed by atoms with E-state index >= 15 is 0 Å². The van der Waals surface area contributed by atoms with Gasteiger partial charge in [0.2, 0.25) is 0 Å². The molecular formula is C39H65NO5. The lowest BCUT2D eigenvalue weighted by Gasteiger charge is -2.72. The molecule has 0 amide bonds. The van der Waals surface area contributed by atoms with E-state index < -0.39 is 11.4 Å². The van der Waals surface area contributed by atoms with Crippen LogP contribution >= 0.6 is 0 Å². The summed E-state index contributed by atoms with van der Waals surface area (Å²) in [6.07, 6.45) is 16.0. The number of morpholine rings is 1. The number of hydrogen-bond acceptors (Lipinski definition) is 5. The number of ether oxygens (including phenoxy) is 2. The summed E-state index contributed by atoms with van der Waals surface area (Å²) in [5, 5.41) is 9.30. The second kappa shape index (κ2) is 11.8. The number of carbonyl (C=O) groups excluding carboxylic acids is 1. The van der Waals surface area contributed by atoms with Gasteiger partial charge in [-0.15, -0.1) is 0 Å². The highest BCUT2D eigenvalue weighted by molar-refractivity contribution is 5.73. The Balaban J connectivity index is 1.17. The fraction of sp³-hybridized carbons (Fsp3) is 0.949. The van der Waals surface area contributed by atoms with Crippen LogP contribution in [0, 0.1) is 56.2 Å². The molecule has 2 unspecified atom stereocenters. The minimum absolute atomic E-state index is 0.0211. The predicted molar refractivity (Wildman–Crippen MR) is 178 cm³/mol. The molecule has 6 aliphatic rings. The van der Waals surface area contributed by atoms with Gasteiger partial charge in [0.25, 0.3) is 0 Å². The first kappa shape index (κ1) is 33.7. The molecule has 1 heterocycles. The maximum atomic E-state index is 13.1. The van der Waals surface area contributed by atoms with Crippen molar-refractivity contribution in [2.75, 3.05) is 32.8 Å². The Morgan fingerprint density at radius 3 is 2.27 bits per heavy atom. The van der Waals surface area contributed by atoms with Gasteiger partial charge in [0.1, 0.15) is 6.10 Å². The highest BCUT2D eigenvalue weighted by Gasteiger charge is 2.70.